The van der Waals surface area contributed by atoms with E-state index in [0.29, 0.717) is 18.0 Å². The van der Waals surface area contributed by atoms with E-state index < -0.39 is 5.41 Å². The maximum atomic E-state index is 12.0. The normalized spacial score (nSPS) is 11.3. The second-order valence-electron chi connectivity index (χ2n) is 6.20. The Hall–Kier alpha value is -1.55. The van der Waals surface area contributed by atoms with Crippen LogP contribution in [-0.4, -0.2) is 17.7 Å². The maximum absolute atomic E-state index is 12.0. The summed E-state index contributed by atoms with van der Waals surface area (Å²) in [5.74, 6) is 0.433. The van der Waals surface area contributed by atoms with Crippen molar-refractivity contribution < 1.29 is 9.59 Å². The summed E-state index contributed by atoms with van der Waals surface area (Å²) in [7, 11) is 0. The van der Waals surface area contributed by atoms with Crippen molar-refractivity contribution >= 4 is 34.8 Å². The number of hydrogen-bond acceptors (Lipinski definition) is 2. The van der Waals surface area contributed by atoms with E-state index in [2.05, 4.69) is 10.6 Å². The predicted molar refractivity (Wildman–Crippen MR) is 87.7 cm³/mol. The molecule has 0 aromatic heterocycles. The summed E-state index contributed by atoms with van der Waals surface area (Å²) in [6, 6.07) is 7.05. The number of nitrogens with one attached hydrogen (secondary N) is 2. The number of alkyl halides is 1. The molecule has 0 heterocycles. The number of benzene rings is 1. The first-order chi connectivity index (χ1) is 9.74. The number of carbonyl (C=O) groups excluding carboxylic acids is 2. The Morgan fingerprint density at radius 1 is 1.10 bits per heavy atom. The first-order valence-electron chi connectivity index (χ1n) is 7.02. The van der Waals surface area contributed by atoms with Crippen LogP contribution in [0.1, 0.15) is 34.1 Å². The Labute approximate surface area is 131 Å². The van der Waals surface area contributed by atoms with Crippen molar-refractivity contribution in [2.24, 2.45) is 11.3 Å². The molecule has 0 aliphatic heterocycles. The van der Waals surface area contributed by atoms with Crippen molar-refractivity contribution in [3.05, 3.63) is 24.3 Å². The van der Waals surface area contributed by atoms with Gasteiger partial charge in [-0.2, -0.15) is 0 Å². The van der Waals surface area contributed by atoms with E-state index in [4.69, 9.17) is 11.6 Å². The third-order valence-corrected chi connectivity index (χ3v) is 3.64. The number of halogens is 1. The summed E-state index contributed by atoms with van der Waals surface area (Å²) in [5.41, 5.74) is 0.779. The molecule has 0 saturated heterocycles. The number of rotatable bonds is 6. The van der Waals surface area contributed by atoms with Gasteiger partial charge in [0.2, 0.25) is 11.8 Å². The third kappa shape index (κ3) is 5.76. The van der Waals surface area contributed by atoms with Crippen LogP contribution in [0.25, 0.3) is 0 Å². The second kappa shape index (κ2) is 7.46. The standard InChI is InChI=1S/C16H23ClN2O2/c1-11(2)9-14(20)18-12-5-7-13(8-6-12)19-15(21)16(3,4)10-17/h5-8,11H,9-10H2,1-4H3,(H,18,20)(H,19,21). The van der Waals surface area contributed by atoms with E-state index in [1.807, 2.05) is 13.8 Å². The molecule has 4 nitrogen and oxygen atoms in total. The zero-order chi connectivity index (χ0) is 16.0. The van der Waals surface area contributed by atoms with Crippen molar-refractivity contribution in [1.29, 1.82) is 0 Å². The first kappa shape index (κ1) is 17.5. The van der Waals surface area contributed by atoms with Crippen molar-refractivity contribution in [2.75, 3.05) is 16.5 Å². The van der Waals surface area contributed by atoms with Crippen molar-refractivity contribution in [3.8, 4) is 0 Å². The Bertz CT molecular complexity index is 496. The van der Waals surface area contributed by atoms with Crippen LogP contribution in [-0.2, 0) is 9.59 Å². The average Bonchev–Trinajstić information content (AvgIpc) is 2.40. The quantitative estimate of drug-likeness (QED) is 0.783. The summed E-state index contributed by atoms with van der Waals surface area (Å²) in [6.07, 6.45) is 0.488. The summed E-state index contributed by atoms with van der Waals surface area (Å²) in [6.45, 7) is 7.57. The third-order valence-electron chi connectivity index (χ3n) is 2.97. The van der Waals surface area contributed by atoms with Crippen molar-refractivity contribution in [3.63, 3.8) is 0 Å². The molecule has 2 amide bonds. The van der Waals surface area contributed by atoms with Gasteiger partial charge in [0.05, 0.1) is 5.41 Å². The fourth-order valence-corrected chi connectivity index (χ4v) is 1.70. The number of amides is 2. The Kier molecular flexibility index (Phi) is 6.21. The number of carbonyl (C=O) groups is 2. The van der Waals surface area contributed by atoms with Crippen LogP contribution in [0.2, 0.25) is 0 Å². The van der Waals surface area contributed by atoms with Gasteiger partial charge in [-0.1, -0.05) is 13.8 Å². The molecule has 0 fully saturated rings. The second-order valence-corrected chi connectivity index (χ2v) is 6.46. The Morgan fingerprint density at radius 2 is 1.57 bits per heavy atom. The minimum absolute atomic E-state index is 0.00920. The van der Waals surface area contributed by atoms with Crippen LogP contribution in [0.15, 0.2) is 24.3 Å². The Morgan fingerprint density at radius 3 is 2.00 bits per heavy atom. The van der Waals surface area contributed by atoms with Crippen LogP contribution in [0.5, 0.6) is 0 Å². The molecule has 0 unspecified atom stereocenters. The van der Waals surface area contributed by atoms with E-state index in [1.54, 1.807) is 38.1 Å². The van der Waals surface area contributed by atoms with E-state index in [0.717, 1.165) is 5.69 Å². The summed E-state index contributed by atoms with van der Waals surface area (Å²) < 4.78 is 0. The monoisotopic (exact) mass is 310 g/mol. The van der Waals surface area contributed by atoms with Crippen LogP contribution in [0.3, 0.4) is 0 Å². The van der Waals surface area contributed by atoms with Crippen LogP contribution in [0.4, 0.5) is 11.4 Å². The van der Waals surface area contributed by atoms with Gasteiger partial charge < -0.3 is 10.6 Å². The molecular weight excluding hydrogens is 288 g/mol. The van der Waals surface area contributed by atoms with Gasteiger partial charge >= 0.3 is 0 Å². The highest BCUT2D eigenvalue weighted by atomic mass is 35.5. The van der Waals surface area contributed by atoms with Gasteiger partial charge in [0.25, 0.3) is 0 Å². The minimum Gasteiger partial charge on any atom is -0.326 e. The fraction of sp³-hybridized carbons (Fsp3) is 0.500. The topological polar surface area (TPSA) is 58.2 Å². The summed E-state index contributed by atoms with van der Waals surface area (Å²) in [5, 5.41) is 5.63. The number of hydrogen-bond donors (Lipinski definition) is 2. The smallest absolute Gasteiger partial charge is 0.231 e. The minimum atomic E-state index is -0.619. The highest BCUT2D eigenvalue weighted by Crippen LogP contribution is 2.21. The molecule has 0 saturated carbocycles. The lowest BCUT2D eigenvalue weighted by Gasteiger charge is -2.20. The molecule has 5 heteroatoms. The van der Waals surface area contributed by atoms with Crippen LogP contribution >= 0.6 is 11.6 Å². The molecule has 1 aromatic carbocycles. The van der Waals surface area contributed by atoms with Gasteiger partial charge in [-0.25, -0.2) is 0 Å². The number of anilines is 2. The Balaban J connectivity index is 2.62. The van der Waals surface area contributed by atoms with Gasteiger partial charge in [0, 0.05) is 23.7 Å². The van der Waals surface area contributed by atoms with Crippen LogP contribution < -0.4 is 10.6 Å². The van der Waals surface area contributed by atoms with E-state index in [-0.39, 0.29) is 17.7 Å². The molecule has 0 aliphatic carbocycles. The molecule has 0 spiro atoms. The highest BCUT2D eigenvalue weighted by Gasteiger charge is 2.26. The zero-order valence-corrected chi connectivity index (χ0v) is 13.8. The molecule has 0 atom stereocenters. The van der Waals surface area contributed by atoms with Crippen molar-refractivity contribution in [2.45, 2.75) is 34.1 Å². The highest BCUT2D eigenvalue weighted by molar-refractivity contribution is 6.20. The van der Waals surface area contributed by atoms with Crippen molar-refractivity contribution in [1.82, 2.24) is 0 Å². The van der Waals surface area contributed by atoms with E-state index in [9.17, 15) is 9.59 Å². The molecule has 0 aliphatic rings. The lowest BCUT2D eigenvalue weighted by molar-refractivity contribution is -0.123. The molecule has 0 bridgehead atoms. The van der Waals surface area contributed by atoms with Gasteiger partial charge in [-0.05, 0) is 44.0 Å². The summed E-state index contributed by atoms with van der Waals surface area (Å²) >= 11 is 5.77. The maximum Gasteiger partial charge on any atom is 0.231 e. The lowest BCUT2D eigenvalue weighted by Crippen LogP contribution is -2.32. The largest absolute Gasteiger partial charge is 0.326 e. The average molecular weight is 311 g/mol. The first-order valence-corrected chi connectivity index (χ1v) is 7.55. The molecule has 0 radical (unpaired) electrons. The van der Waals surface area contributed by atoms with Crippen LogP contribution in [0, 0.1) is 11.3 Å². The van der Waals surface area contributed by atoms with Gasteiger partial charge in [0.1, 0.15) is 0 Å². The van der Waals surface area contributed by atoms with E-state index in [1.165, 1.54) is 0 Å². The molecule has 21 heavy (non-hydrogen) atoms. The molecule has 116 valence electrons. The molecular formula is C16H23ClN2O2. The molecule has 2 N–H and O–H groups in total. The molecule has 1 aromatic rings. The summed E-state index contributed by atoms with van der Waals surface area (Å²) in [4.78, 5) is 23.6. The fourth-order valence-electron chi connectivity index (χ4n) is 1.58. The van der Waals surface area contributed by atoms with Gasteiger partial charge in [-0.15, -0.1) is 11.6 Å². The van der Waals surface area contributed by atoms with E-state index >= 15 is 0 Å². The molecule has 1 rings (SSSR count). The van der Waals surface area contributed by atoms with Gasteiger partial charge in [-0.3, -0.25) is 9.59 Å². The van der Waals surface area contributed by atoms with Gasteiger partial charge in [0.15, 0.2) is 0 Å². The lowest BCUT2D eigenvalue weighted by atomic mass is 9.95. The SMILES string of the molecule is CC(C)CC(=O)Nc1ccc(NC(=O)C(C)(C)CCl)cc1. The zero-order valence-electron chi connectivity index (χ0n) is 13.0. The predicted octanol–water partition coefficient (Wildman–Crippen LogP) is 3.87.